The lowest BCUT2D eigenvalue weighted by molar-refractivity contribution is 0.187. The molecule has 4 heteroatoms. The van der Waals surface area contributed by atoms with Gasteiger partial charge in [0.25, 0.3) is 0 Å². The summed E-state index contributed by atoms with van der Waals surface area (Å²) in [6.07, 6.45) is 10.3. The summed E-state index contributed by atoms with van der Waals surface area (Å²) in [5.74, 6) is -0.656. The minimum Gasteiger partial charge on any atom is -0.491 e. The molecule has 0 aromatic heterocycles. The summed E-state index contributed by atoms with van der Waals surface area (Å²) in [4.78, 5) is 0. The first kappa shape index (κ1) is 21.9. The Balaban J connectivity index is 2.70. The van der Waals surface area contributed by atoms with Crippen LogP contribution in [-0.4, -0.2) is 11.0 Å². The zero-order valence-electron chi connectivity index (χ0n) is 15.4. The fourth-order valence-corrected chi connectivity index (χ4v) is 3.92. The van der Waals surface area contributed by atoms with Crippen LogP contribution in [0.25, 0.3) is 0 Å². The number of ether oxygens (including phenoxy) is 1. The molecule has 0 aromatic carbocycles. The van der Waals surface area contributed by atoms with Gasteiger partial charge in [-0.3, -0.25) is 0 Å². The quantitative estimate of drug-likeness (QED) is 0.109. The second-order valence-electron chi connectivity index (χ2n) is 6.94. The average Bonchev–Trinajstić information content (AvgIpc) is 2.60. The van der Waals surface area contributed by atoms with Crippen LogP contribution in [0.1, 0.15) is 72.1 Å². The number of halogens is 3. The Morgan fingerprint density at radius 1 is 1.17 bits per heavy atom. The molecule has 0 unspecified atom stereocenters. The standard InChI is InChI=1S/C20H33F2IO/c1-4-6-14-24-18(12-13-23)20(22)19(21)15(3)17-10-8-16(7-5-2)9-11-17/h12,15-17H,4-11,13-14H2,1-3H3/b18-12+,20-19-/t15-,16?,17?/m0/s1. The second kappa shape index (κ2) is 12.3. The summed E-state index contributed by atoms with van der Waals surface area (Å²) in [6, 6.07) is 0. The highest BCUT2D eigenvalue weighted by molar-refractivity contribution is 14.1. The van der Waals surface area contributed by atoms with Crippen LogP contribution < -0.4 is 0 Å². The van der Waals surface area contributed by atoms with Crippen LogP contribution in [0, 0.1) is 17.8 Å². The van der Waals surface area contributed by atoms with Crippen molar-refractivity contribution in [3.8, 4) is 0 Å². The van der Waals surface area contributed by atoms with Gasteiger partial charge >= 0.3 is 0 Å². The van der Waals surface area contributed by atoms with Crippen molar-refractivity contribution in [3.63, 3.8) is 0 Å². The highest BCUT2D eigenvalue weighted by atomic mass is 127. The fraction of sp³-hybridized carbons (Fsp3) is 0.800. The summed E-state index contributed by atoms with van der Waals surface area (Å²) in [5, 5.41) is 0. The maximum atomic E-state index is 14.7. The van der Waals surface area contributed by atoms with E-state index < -0.39 is 11.7 Å². The molecule has 1 fully saturated rings. The predicted molar refractivity (Wildman–Crippen MR) is 107 cm³/mol. The van der Waals surface area contributed by atoms with Gasteiger partial charge in [0.15, 0.2) is 11.6 Å². The second-order valence-corrected chi connectivity index (χ2v) is 7.83. The summed E-state index contributed by atoms with van der Waals surface area (Å²) in [5.41, 5.74) is 0. The van der Waals surface area contributed by atoms with Gasteiger partial charge in [-0.1, -0.05) is 75.5 Å². The van der Waals surface area contributed by atoms with Crippen molar-refractivity contribution in [2.75, 3.05) is 11.0 Å². The van der Waals surface area contributed by atoms with Crippen molar-refractivity contribution >= 4 is 22.6 Å². The Labute approximate surface area is 160 Å². The molecule has 0 spiro atoms. The summed E-state index contributed by atoms with van der Waals surface area (Å²) in [6.45, 7) is 6.53. The molecule has 0 aliphatic heterocycles. The Hall–Kier alpha value is -0.130. The molecule has 0 bridgehead atoms. The Morgan fingerprint density at radius 2 is 1.83 bits per heavy atom. The minimum absolute atomic E-state index is 0.0851. The van der Waals surface area contributed by atoms with E-state index in [4.69, 9.17) is 4.74 Å². The smallest absolute Gasteiger partial charge is 0.196 e. The molecule has 0 amide bonds. The molecule has 1 saturated carbocycles. The van der Waals surface area contributed by atoms with Crippen LogP contribution in [0.15, 0.2) is 23.5 Å². The van der Waals surface area contributed by atoms with Crippen LogP contribution >= 0.6 is 22.6 Å². The molecule has 1 rings (SSSR count). The number of alkyl halides is 1. The van der Waals surface area contributed by atoms with E-state index in [-0.39, 0.29) is 17.6 Å². The first-order valence-corrected chi connectivity index (χ1v) is 11.0. The van der Waals surface area contributed by atoms with Gasteiger partial charge in [-0.2, -0.15) is 0 Å². The van der Waals surface area contributed by atoms with E-state index >= 15 is 0 Å². The summed E-state index contributed by atoms with van der Waals surface area (Å²) in [7, 11) is 0. The molecule has 140 valence electrons. The lowest BCUT2D eigenvalue weighted by Crippen LogP contribution is -2.21. The molecule has 1 aliphatic carbocycles. The number of allylic oxidation sites excluding steroid dienone is 3. The topological polar surface area (TPSA) is 9.23 Å². The molecular formula is C20H33F2IO. The summed E-state index contributed by atoms with van der Waals surface area (Å²) < 4.78 is 35.4. The molecule has 24 heavy (non-hydrogen) atoms. The van der Waals surface area contributed by atoms with Crippen molar-refractivity contribution in [2.24, 2.45) is 17.8 Å². The fourth-order valence-electron chi connectivity index (χ4n) is 3.52. The van der Waals surface area contributed by atoms with E-state index in [2.05, 4.69) is 36.4 Å². The number of unbranched alkanes of at least 4 members (excludes halogenated alkanes) is 1. The lowest BCUT2D eigenvalue weighted by Gasteiger charge is -2.31. The highest BCUT2D eigenvalue weighted by Crippen LogP contribution is 2.39. The minimum atomic E-state index is -0.786. The normalized spacial score (nSPS) is 24.5. The van der Waals surface area contributed by atoms with E-state index in [0.29, 0.717) is 11.0 Å². The van der Waals surface area contributed by atoms with Crippen LogP contribution in [0.5, 0.6) is 0 Å². The Kier molecular flexibility index (Phi) is 11.2. The molecule has 0 radical (unpaired) electrons. The molecule has 0 aromatic rings. The molecule has 1 nitrogen and oxygen atoms in total. The van der Waals surface area contributed by atoms with Crippen molar-refractivity contribution < 1.29 is 13.5 Å². The molecular weight excluding hydrogens is 421 g/mol. The van der Waals surface area contributed by atoms with Gasteiger partial charge in [0.05, 0.1) is 6.61 Å². The van der Waals surface area contributed by atoms with Gasteiger partial charge < -0.3 is 4.74 Å². The Bertz CT molecular complexity index is 412. The van der Waals surface area contributed by atoms with Gasteiger partial charge in [-0.05, 0) is 37.2 Å². The van der Waals surface area contributed by atoms with Gasteiger partial charge in [-0.25, -0.2) is 8.78 Å². The largest absolute Gasteiger partial charge is 0.491 e. The zero-order chi connectivity index (χ0) is 17.9. The van der Waals surface area contributed by atoms with Gasteiger partial charge in [0, 0.05) is 10.3 Å². The van der Waals surface area contributed by atoms with Crippen molar-refractivity contribution in [1.82, 2.24) is 0 Å². The first-order valence-electron chi connectivity index (χ1n) is 9.49. The molecule has 1 atom stereocenters. The van der Waals surface area contributed by atoms with Crippen LogP contribution in [-0.2, 0) is 4.74 Å². The van der Waals surface area contributed by atoms with Crippen LogP contribution in [0.4, 0.5) is 8.78 Å². The van der Waals surface area contributed by atoms with E-state index in [9.17, 15) is 8.78 Å². The summed E-state index contributed by atoms with van der Waals surface area (Å²) >= 11 is 2.12. The van der Waals surface area contributed by atoms with Crippen molar-refractivity contribution in [1.29, 1.82) is 0 Å². The molecule has 0 heterocycles. The van der Waals surface area contributed by atoms with Crippen LogP contribution in [0.2, 0.25) is 0 Å². The molecule has 0 saturated heterocycles. The van der Waals surface area contributed by atoms with Gasteiger partial charge in [0.1, 0.15) is 5.83 Å². The number of hydrogen-bond donors (Lipinski definition) is 0. The van der Waals surface area contributed by atoms with Gasteiger partial charge in [-0.15, -0.1) is 0 Å². The zero-order valence-corrected chi connectivity index (χ0v) is 17.6. The third kappa shape index (κ3) is 7.01. The van der Waals surface area contributed by atoms with E-state index in [1.807, 2.05) is 6.92 Å². The van der Waals surface area contributed by atoms with Crippen molar-refractivity contribution in [2.45, 2.75) is 72.1 Å². The van der Waals surface area contributed by atoms with E-state index in [0.717, 1.165) is 44.4 Å². The monoisotopic (exact) mass is 454 g/mol. The lowest BCUT2D eigenvalue weighted by atomic mass is 9.74. The van der Waals surface area contributed by atoms with E-state index in [1.165, 1.54) is 12.8 Å². The van der Waals surface area contributed by atoms with E-state index in [1.54, 1.807) is 6.08 Å². The third-order valence-electron chi connectivity index (χ3n) is 5.14. The maximum absolute atomic E-state index is 14.7. The maximum Gasteiger partial charge on any atom is 0.196 e. The Morgan fingerprint density at radius 3 is 2.38 bits per heavy atom. The number of hydrogen-bond acceptors (Lipinski definition) is 1. The molecule has 0 N–H and O–H groups in total. The predicted octanol–water partition coefficient (Wildman–Crippen LogP) is 7.52. The highest BCUT2D eigenvalue weighted by Gasteiger charge is 2.29. The van der Waals surface area contributed by atoms with Crippen molar-refractivity contribution in [3.05, 3.63) is 23.5 Å². The third-order valence-corrected chi connectivity index (χ3v) is 5.58. The number of rotatable bonds is 10. The SMILES string of the molecule is CCCCOC(=C/CI)/C(F)=C(/F)[C@@H](C)C1CCC(CCC)CC1. The molecule has 1 aliphatic rings. The average molecular weight is 454 g/mol. The first-order chi connectivity index (χ1) is 11.5. The van der Waals surface area contributed by atoms with Crippen LogP contribution in [0.3, 0.4) is 0 Å². The van der Waals surface area contributed by atoms with Gasteiger partial charge in [0.2, 0.25) is 0 Å².